The Morgan fingerprint density at radius 3 is 2.97 bits per heavy atom. The number of Topliss-reactive ketones (excluding diaryl/α,β-unsaturated/α-hetero) is 1. The lowest BCUT2D eigenvalue weighted by Gasteiger charge is -2.13. The van der Waals surface area contributed by atoms with Gasteiger partial charge in [0.05, 0.1) is 0 Å². The third kappa shape index (κ3) is 3.91. The van der Waals surface area contributed by atoms with Gasteiger partial charge in [0.15, 0.2) is 27.9 Å². The molecule has 2 aromatic heterocycles. The van der Waals surface area contributed by atoms with Crippen LogP contribution < -0.4 is 5.73 Å². The summed E-state index contributed by atoms with van der Waals surface area (Å²) in [6, 6.07) is 4.10. The van der Waals surface area contributed by atoms with E-state index >= 15 is 0 Å². The van der Waals surface area contributed by atoms with E-state index < -0.39 is 0 Å². The first kappa shape index (κ1) is 20.7. The number of nitrogen functional groups attached to an aromatic ring is 1. The van der Waals surface area contributed by atoms with Gasteiger partial charge in [0, 0.05) is 40.1 Å². The zero-order chi connectivity index (χ0) is 21.5. The Bertz CT molecular complexity index is 1200. The van der Waals surface area contributed by atoms with Crippen molar-refractivity contribution < 1.29 is 9.59 Å². The first-order chi connectivity index (χ1) is 15.0. The van der Waals surface area contributed by atoms with Crippen LogP contribution in [0.3, 0.4) is 0 Å². The number of nitrogens with two attached hydrogens (primary N) is 1. The number of aromatic nitrogens is 4. The smallest absolute Gasteiger partial charge is 0.209 e. The summed E-state index contributed by atoms with van der Waals surface area (Å²) >= 11 is 3.86. The number of carbonyl (C=O) groups excluding carboxylic acids is 2. The topological polar surface area (TPSA) is 107 Å². The molecule has 1 aromatic carbocycles. The van der Waals surface area contributed by atoms with Crippen molar-refractivity contribution in [3.05, 3.63) is 33.2 Å². The molecule has 0 bridgehead atoms. The number of nitrogens with zero attached hydrogens (tertiary/aromatic N) is 5. The van der Waals surface area contributed by atoms with E-state index in [4.69, 9.17) is 10.7 Å². The number of anilines is 1. The van der Waals surface area contributed by atoms with Gasteiger partial charge in [-0.25, -0.2) is 15.0 Å². The number of carbonyl (C=O) groups is 2. The lowest BCUT2D eigenvalue weighted by atomic mass is 10.1. The predicted octanol–water partition coefficient (Wildman–Crippen LogP) is 3.16. The van der Waals surface area contributed by atoms with Crippen molar-refractivity contribution in [1.82, 2.24) is 24.4 Å². The van der Waals surface area contributed by atoms with Crippen LogP contribution in [-0.2, 0) is 17.8 Å². The van der Waals surface area contributed by atoms with E-state index in [0.29, 0.717) is 29.3 Å². The van der Waals surface area contributed by atoms with Crippen LogP contribution in [0.25, 0.3) is 11.2 Å². The Labute approximate surface area is 197 Å². The Morgan fingerprint density at radius 2 is 2.16 bits per heavy atom. The fourth-order valence-electron chi connectivity index (χ4n) is 4.34. The molecule has 3 heterocycles. The largest absolute Gasteiger partial charge is 0.382 e. The van der Waals surface area contributed by atoms with Crippen molar-refractivity contribution in [2.45, 2.75) is 42.3 Å². The van der Waals surface area contributed by atoms with Gasteiger partial charge in [-0.1, -0.05) is 11.8 Å². The number of hydrogen-bond acceptors (Lipinski definition) is 7. The maximum atomic E-state index is 12.2. The highest BCUT2D eigenvalue weighted by molar-refractivity contribution is 14.1. The Kier molecular flexibility index (Phi) is 5.59. The van der Waals surface area contributed by atoms with Crippen molar-refractivity contribution in [3.8, 4) is 0 Å². The number of imidazole rings is 1. The van der Waals surface area contributed by atoms with Crippen LogP contribution in [-0.4, -0.2) is 49.7 Å². The zero-order valence-corrected chi connectivity index (χ0v) is 19.7. The molecule has 1 atom stereocenters. The first-order valence-electron chi connectivity index (χ1n) is 10.2. The van der Waals surface area contributed by atoms with E-state index in [9.17, 15) is 9.59 Å². The third-order valence-corrected chi connectivity index (χ3v) is 8.34. The second-order valence-electron chi connectivity index (χ2n) is 7.99. The molecule has 160 valence electrons. The van der Waals surface area contributed by atoms with E-state index in [1.807, 2.05) is 11.0 Å². The molecule has 0 saturated carbocycles. The van der Waals surface area contributed by atoms with Crippen LogP contribution in [0.1, 0.15) is 35.2 Å². The molecule has 0 radical (unpaired) electrons. The molecule has 2 aliphatic rings. The molecule has 1 aliphatic heterocycles. The number of hydrogen-bond donors (Lipinski definition) is 1. The number of ketones is 1. The summed E-state index contributed by atoms with van der Waals surface area (Å²) in [5.41, 5.74) is 9.34. The Balaban J connectivity index is 1.48. The molecular formula is C21H21IN6O2S. The molecule has 5 rings (SSSR count). The van der Waals surface area contributed by atoms with Gasteiger partial charge in [0.2, 0.25) is 6.41 Å². The average Bonchev–Trinajstić information content (AvgIpc) is 3.45. The number of halogens is 1. The molecule has 0 spiro atoms. The van der Waals surface area contributed by atoms with E-state index in [1.54, 1.807) is 0 Å². The molecule has 1 fully saturated rings. The summed E-state index contributed by atoms with van der Waals surface area (Å²) in [6.07, 6.45) is 5.73. The van der Waals surface area contributed by atoms with Crippen molar-refractivity contribution >= 4 is 63.5 Å². The van der Waals surface area contributed by atoms with E-state index in [2.05, 4.69) is 43.2 Å². The van der Waals surface area contributed by atoms with Crippen molar-refractivity contribution in [3.63, 3.8) is 0 Å². The Hall–Kier alpha value is -2.21. The van der Waals surface area contributed by atoms with Gasteiger partial charge in [-0.15, -0.1) is 0 Å². The minimum Gasteiger partial charge on any atom is -0.382 e. The lowest BCUT2D eigenvalue weighted by molar-refractivity contribution is -0.117. The molecule has 1 aliphatic carbocycles. The maximum Gasteiger partial charge on any atom is 0.209 e. The highest BCUT2D eigenvalue weighted by Gasteiger charge is 2.25. The molecule has 1 unspecified atom stereocenters. The van der Waals surface area contributed by atoms with Gasteiger partial charge in [-0.05, 0) is 65.5 Å². The standard InChI is InChI=1S/C21H21IN6O2S/c22-15-7-13-1-2-16(30)14(13)8-17(15)31-21-26-18-19(23)24-10-25-20(18)28(21)6-4-12-3-5-27(9-12)11-29/h7-8,10-12H,1-6,9H2,(H2,23,24,25). The quantitative estimate of drug-likeness (QED) is 0.373. The van der Waals surface area contributed by atoms with Gasteiger partial charge in [0.25, 0.3) is 0 Å². The second kappa shape index (κ2) is 8.38. The number of likely N-dealkylation sites (tertiary alicyclic amines) is 1. The van der Waals surface area contributed by atoms with Gasteiger partial charge in [0.1, 0.15) is 6.33 Å². The summed E-state index contributed by atoms with van der Waals surface area (Å²) in [5.74, 6) is 1.02. The fraction of sp³-hybridized carbons (Fsp3) is 0.381. The summed E-state index contributed by atoms with van der Waals surface area (Å²) in [7, 11) is 0. The van der Waals surface area contributed by atoms with Crippen LogP contribution in [0.5, 0.6) is 0 Å². The van der Waals surface area contributed by atoms with E-state index in [0.717, 1.165) is 70.1 Å². The summed E-state index contributed by atoms with van der Waals surface area (Å²) in [6.45, 7) is 2.34. The van der Waals surface area contributed by atoms with Crippen LogP contribution in [0.2, 0.25) is 0 Å². The van der Waals surface area contributed by atoms with E-state index in [1.165, 1.54) is 18.1 Å². The number of rotatable bonds is 6. The van der Waals surface area contributed by atoms with Crippen LogP contribution >= 0.6 is 34.4 Å². The summed E-state index contributed by atoms with van der Waals surface area (Å²) in [5, 5.41) is 0.788. The number of aryl methyl sites for hydroxylation is 2. The molecule has 3 aromatic rings. The normalized spacial score (nSPS) is 18.2. The first-order valence-corrected chi connectivity index (χ1v) is 12.1. The van der Waals surface area contributed by atoms with Gasteiger partial charge < -0.3 is 15.2 Å². The van der Waals surface area contributed by atoms with Crippen molar-refractivity contribution in [2.75, 3.05) is 18.8 Å². The lowest BCUT2D eigenvalue weighted by Crippen LogP contribution is -2.18. The molecule has 2 N–H and O–H groups in total. The fourth-order valence-corrected chi connectivity index (χ4v) is 6.16. The number of benzene rings is 1. The molecule has 31 heavy (non-hydrogen) atoms. The zero-order valence-electron chi connectivity index (χ0n) is 16.8. The SMILES string of the molecule is Nc1ncnc2c1nc(Sc1cc3c(cc1I)CCC3=O)n2CCC1CCN(C=O)C1. The van der Waals surface area contributed by atoms with Crippen LogP contribution in [0, 0.1) is 9.49 Å². The van der Waals surface area contributed by atoms with Crippen molar-refractivity contribution in [1.29, 1.82) is 0 Å². The van der Waals surface area contributed by atoms with Crippen LogP contribution in [0.15, 0.2) is 28.5 Å². The molecule has 8 nitrogen and oxygen atoms in total. The van der Waals surface area contributed by atoms with Gasteiger partial charge >= 0.3 is 0 Å². The van der Waals surface area contributed by atoms with Gasteiger partial charge in [-0.2, -0.15) is 0 Å². The maximum absolute atomic E-state index is 12.2. The number of amides is 1. The van der Waals surface area contributed by atoms with Gasteiger partial charge in [-0.3, -0.25) is 9.59 Å². The third-order valence-electron chi connectivity index (χ3n) is 6.03. The van der Waals surface area contributed by atoms with Crippen molar-refractivity contribution in [2.24, 2.45) is 5.92 Å². The predicted molar refractivity (Wildman–Crippen MR) is 126 cm³/mol. The minimum atomic E-state index is 0.206. The Morgan fingerprint density at radius 1 is 1.29 bits per heavy atom. The average molecular weight is 548 g/mol. The summed E-state index contributed by atoms with van der Waals surface area (Å²) in [4.78, 5) is 39.4. The highest BCUT2D eigenvalue weighted by Crippen LogP contribution is 2.37. The molecular weight excluding hydrogens is 527 g/mol. The molecule has 1 amide bonds. The van der Waals surface area contributed by atoms with Crippen LogP contribution in [0.4, 0.5) is 5.82 Å². The molecule has 1 saturated heterocycles. The highest BCUT2D eigenvalue weighted by atomic mass is 127. The number of fused-ring (bicyclic) bond motifs is 2. The second-order valence-corrected chi connectivity index (χ2v) is 10.2. The molecule has 10 heteroatoms. The summed E-state index contributed by atoms with van der Waals surface area (Å²) < 4.78 is 3.19. The minimum absolute atomic E-state index is 0.206. The monoisotopic (exact) mass is 548 g/mol. The van der Waals surface area contributed by atoms with E-state index in [-0.39, 0.29) is 5.78 Å².